The van der Waals surface area contributed by atoms with E-state index >= 15 is 0 Å². The first-order valence-electron chi connectivity index (χ1n) is 7.15. The molecule has 0 unspecified atom stereocenters. The number of nitriles is 1. The molecule has 0 aliphatic rings. The molecule has 3 nitrogen and oxygen atoms in total. The van der Waals surface area contributed by atoms with Crippen LogP contribution in [0.5, 0.6) is 5.75 Å². The van der Waals surface area contributed by atoms with Crippen LogP contribution in [0, 0.1) is 11.3 Å². The number of allylic oxidation sites excluding steroid dienone is 1. The van der Waals surface area contributed by atoms with Crippen molar-refractivity contribution in [3.8, 4) is 11.8 Å². The van der Waals surface area contributed by atoms with E-state index in [4.69, 9.17) is 4.74 Å². The lowest BCUT2D eigenvalue weighted by Gasteiger charge is -2.04. The Morgan fingerprint density at radius 2 is 2.00 bits per heavy atom. The minimum Gasteiger partial charge on any atom is -0.496 e. The molecule has 2 aromatic carbocycles. The summed E-state index contributed by atoms with van der Waals surface area (Å²) in [6.45, 7) is 0. The van der Waals surface area contributed by atoms with E-state index in [-0.39, 0.29) is 11.1 Å². The Hall–Kier alpha value is -2.85. The predicted molar refractivity (Wildman–Crippen MR) is 91.1 cm³/mol. The molecular weight excluding hydrogens is 349 g/mol. The van der Waals surface area contributed by atoms with Crippen LogP contribution in [0.15, 0.2) is 42.5 Å². The van der Waals surface area contributed by atoms with Crippen molar-refractivity contribution in [3.05, 3.63) is 58.6 Å². The van der Waals surface area contributed by atoms with Crippen molar-refractivity contribution in [2.24, 2.45) is 0 Å². The molecule has 0 bridgehead atoms. The van der Waals surface area contributed by atoms with Gasteiger partial charge in [-0.25, -0.2) is 4.98 Å². The predicted octanol–water partition coefficient (Wildman–Crippen LogP) is 5.39. The second kappa shape index (κ2) is 6.57. The molecule has 126 valence electrons. The van der Waals surface area contributed by atoms with Gasteiger partial charge in [-0.15, -0.1) is 11.3 Å². The third-order valence-electron chi connectivity index (χ3n) is 3.50. The molecule has 0 amide bonds. The lowest BCUT2D eigenvalue weighted by Crippen LogP contribution is -2.03. The largest absolute Gasteiger partial charge is 0.496 e. The zero-order valence-electron chi connectivity index (χ0n) is 13.0. The minimum atomic E-state index is -4.43. The van der Waals surface area contributed by atoms with Gasteiger partial charge in [-0.2, -0.15) is 18.4 Å². The molecule has 0 saturated heterocycles. The number of ether oxygens (including phenoxy) is 1. The lowest BCUT2D eigenvalue weighted by molar-refractivity contribution is -0.137. The van der Waals surface area contributed by atoms with Crippen molar-refractivity contribution in [2.45, 2.75) is 6.18 Å². The van der Waals surface area contributed by atoms with E-state index in [1.165, 1.54) is 24.5 Å². The molecule has 0 atom stereocenters. The summed E-state index contributed by atoms with van der Waals surface area (Å²) in [7, 11) is 1.52. The van der Waals surface area contributed by atoms with Crippen LogP contribution >= 0.6 is 11.3 Å². The van der Waals surface area contributed by atoms with Gasteiger partial charge in [-0.1, -0.05) is 18.2 Å². The number of halogens is 3. The van der Waals surface area contributed by atoms with E-state index in [1.54, 1.807) is 30.3 Å². The van der Waals surface area contributed by atoms with E-state index in [0.717, 1.165) is 12.1 Å². The van der Waals surface area contributed by atoms with E-state index in [9.17, 15) is 18.4 Å². The second-order valence-corrected chi connectivity index (χ2v) is 6.14. The second-order valence-electron chi connectivity index (χ2n) is 5.11. The molecule has 0 spiro atoms. The standard InChI is InChI=1S/C18H11F3N2OS/c1-24-15-5-3-2-4-11(15)8-12(10-22)17-23-14-9-13(18(19,20)21)6-7-16(14)25-17/h2-9H,1H3/b12-8+. The molecule has 0 fully saturated rings. The SMILES string of the molecule is COc1ccccc1/C=C(\C#N)c1nc2cc(C(F)(F)F)ccc2s1. The molecule has 0 radical (unpaired) electrons. The van der Waals surface area contributed by atoms with Crippen LogP contribution in [-0.2, 0) is 6.18 Å². The Balaban J connectivity index is 2.07. The molecule has 25 heavy (non-hydrogen) atoms. The summed E-state index contributed by atoms with van der Waals surface area (Å²) in [5, 5.41) is 9.80. The van der Waals surface area contributed by atoms with Crippen molar-refractivity contribution < 1.29 is 17.9 Å². The summed E-state index contributed by atoms with van der Waals surface area (Å²) in [4.78, 5) is 4.20. The maximum absolute atomic E-state index is 12.8. The number of hydrogen-bond donors (Lipinski definition) is 0. The summed E-state index contributed by atoms with van der Waals surface area (Å²) in [5.74, 6) is 0.593. The fourth-order valence-corrected chi connectivity index (χ4v) is 3.21. The van der Waals surface area contributed by atoms with Crippen molar-refractivity contribution in [1.82, 2.24) is 4.98 Å². The molecule has 0 aliphatic carbocycles. The van der Waals surface area contributed by atoms with E-state index in [1.807, 2.05) is 0 Å². The van der Waals surface area contributed by atoms with E-state index in [0.29, 0.717) is 21.0 Å². The fourth-order valence-electron chi connectivity index (χ4n) is 2.30. The van der Waals surface area contributed by atoms with Crippen LogP contribution in [0.25, 0.3) is 21.9 Å². The average Bonchev–Trinajstić information content (AvgIpc) is 3.02. The molecular formula is C18H11F3N2OS. The number of nitrogens with zero attached hydrogens (tertiary/aromatic N) is 2. The highest BCUT2D eigenvalue weighted by Crippen LogP contribution is 2.34. The van der Waals surface area contributed by atoms with Crippen LogP contribution < -0.4 is 4.74 Å². The number of aromatic nitrogens is 1. The Kier molecular flexibility index (Phi) is 4.47. The minimum absolute atomic E-state index is 0.219. The molecule has 1 heterocycles. The number of para-hydroxylation sites is 1. The first-order valence-corrected chi connectivity index (χ1v) is 7.97. The summed E-state index contributed by atoms with van der Waals surface area (Å²) >= 11 is 1.17. The molecule has 3 aromatic rings. The number of hydrogen-bond acceptors (Lipinski definition) is 4. The van der Waals surface area contributed by atoms with Gasteiger partial charge in [0, 0.05) is 5.56 Å². The van der Waals surface area contributed by atoms with Crippen molar-refractivity contribution in [3.63, 3.8) is 0 Å². The van der Waals surface area contributed by atoms with Gasteiger partial charge in [0.25, 0.3) is 0 Å². The molecule has 7 heteroatoms. The zero-order valence-corrected chi connectivity index (χ0v) is 13.8. The molecule has 0 N–H and O–H groups in total. The number of benzene rings is 2. The first kappa shape index (κ1) is 17.0. The van der Waals surface area contributed by atoms with Crippen LogP contribution in [0.3, 0.4) is 0 Å². The number of fused-ring (bicyclic) bond motifs is 1. The summed E-state index contributed by atoms with van der Waals surface area (Å²) in [6.07, 6.45) is -2.81. The summed E-state index contributed by atoms with van der Waals surface area (Å²) in [6, 6.07) is 12.6. The Labute approximate surface area is 145 Å². The van der Waals surface area contributed by atoms with Crippen LogP contribution in [0.4, 0.5) is 13.2 Å². The Morgan fingerprint density at radius 1 is 1.24 bits per heavy atom. The first-order chi connectivity index (χ1) is 11.9. The van der Waals surface area contributed by atoms with Crippen LogP contribution in [0.1, 0.15) is 16.1 Å². The van der Waals surface area contributed by atoms with Gasteiger partial charge in [0.2, 0.25) is 0 Å². The normalized spacial score (nSPS) is 12.2. The van der Waals surface area contributed by atoms with Crippen LogP contribution in [-0.4, -0.2) is 12.1 Å². The summed E-state index contributed by atoms with van der Waals surface area (Å²) in [5.41, 5.74) is 0.413. The number of alkyl halides is 3. The third kappa shape index (κ3) is 3.49. The van der Waals surface area contributed by atoms with Gasteiger partial charge < -0.3 is 4.74 Å². The Bertz CT molecular complexity index is 999. The molecule has 3 rings (SSSR count). The van der Waals surface area contributed by atoms with Gasteiger partial charge in [0.05, 0.1) is 28.5 Å². The van der Waals surface area contributed by atoms with Crippen molar-refractivity contribution in [1.29, 1.82) is 5.26 Å². The molecule has 0 saturated carbocycles. The van der Waals surface area contributed by atoms with Gasteiger partial charge >= 0.3 is 6.18 Å². The van der Waals surface area contributed by atoms with E-state index in [2.05, 4.69) is 11.1 Å². The number of rotatable bonds is 3. The quantitative estimate of drug-likeness (QED) is 0.589. The average molecular weight is 360 g/mol. The van der Waals surface area contributed by atoms with Crippen molar-refractivity contribution >= 4 is 33.2 Å². The smallest absolute Gasteiger partial charge is 0.416 e. The highest BCUT2D eigenvalue weighted by molar-refractivity contribution is 7.19. The third-order valence-corrected chi connectivity index (χ3v) is 4.57. The van der Waals surface area contributed by atoms with Gasteiger partial charge in [-0.3, -0.25) is 0 Å². The van der Waals surface area contributed by atoms with Gasteiger partial charge in [-0.05, 0) is 30.3 Å². The maximum Gasteiger partial charge on any atom is 0.416 e. The van der Waals surface area contributed by atoms with Crippen LogP contribution in [0.2, 0.25) is 0 Å². The van der Waals surface area contributed by atoms with E-state index < -0.39 is 11.7 Å². The van der Waals surface area contributed by atoms with Gasteiger partial charge in [0.1, 0.15) is 16.8 Å². The lowest BCUT2D eigenvalue weighted by atomic mass is 10.1. The highest BCUT2D eigenvalue weighted by Gasteiger charge is 2.30. The van der Waals surface area contributed by atoms with Gasteiger partial charge in [0.15, 0.2) is 0 Å². The fraction of sp³-hybridized carbons (Fsp3) is 0.111. The topological polar surface area (TPSA) is 45.9 Å². The van der Waals surface area contributed by atoms with Crippen molar-refractivity contribution in [2.75, 3.05) is 7.11 Å². The zero-order chi connectivity index (χ0) is 18.0. The number of methoxy groups -OCH3 is 1. The number of thiazole rings is 1. The molecule has 1 aromatic heterocycles. The monoisotopic (exact) mass is 360 g/mol. The maximum atomic E-state index is 12.8. The molecule has 0 aliphatic heterocycles. The Morgan fingerprint density at radius 3 is 2.68 bits per heavy atom. The highest BCUT2D eigenvalue weighted by atomic mass is 32.1. The summed E-state index contributed by atoms with van der Waals surface area (Å²) < 4.78 is 44.3.